The molecule has 104 valence electrons. The first-order chi connectivity index (χ1) is 8.15. The first-order valence-electron chi connectivity index (χ1n) is 7.76. The maximum absolute atomic E-state index is 9.48. The Morgan fingerprint density at radius 1 is 0.824 bits per heavy atom. The molecule has 3 atom stereocenters. The summed E-state index contributed by atoms with van der Waals surface area (Å²) in [6.07, 6.45) is 10.4. The number of aliphatic hydroxyl groups is 1. The van der Waals surface area contributed by atoms with Gasteiger partial charge in [-0.3, -0.25) is 0 Å². The molecule has 0 bridgehead atoms. The van der Waals surface area contributed by atoms with Gasteiger partial charge in [-0.1, -0.05) is 72.6 Å². The van der Waals surface area contributed by atoms with Crippen molar-refractivity contribution in [3.8, 4) is 0 Å². The molecule has 0 fully saturated rings. The third kappa shape index (κ3) is 8.65. The van der Waals surface area contributed by atoms with Crippen LogP contribution in [-0.4, -0.2) is 11.7 Å². The quantitative estimate of drug-likeness (QED) is 0.539. The molecule has 1 heteroatoms. The summed E-state index contributed by atoms with van der Waals surface area (Å²) in [6.45, 7) is 9.56. The summed E-state index contributed by atoms with van der Waals surface area (Å²) in [5, 5.41) is 9.48. The third-order valence-electron chi connectivity index (χ3n) is 4.13. The molecule has 0 aromatic rings. The van der Waals surface area contributed by atoms with Crippen LogP contribution in [-0.2, 0) is 0 Å². The van der Waals surface area contributed by atoms with Gasteiger partial charge in [0, 0.05) is 6.61 Å². The Morgan fingerprint density at radius 2 is 1.41 bits per heavy atom. The highest BCUT2D eigenvalue weighted by molar-refractivity contribution is 4.67. The lowest BCUT2D eigenvalue weighted by Crippen LogP contribution is -2.17. The fourth-order valence-corrected chi connectivity index (χ4v) is 2.51. The maximum atomic E-state index is 9.48. The van der Waals surface area contributed by atoms with E-state index in [4.69, 9.17) is 0 Å². The predicted octanol–water partition coefficient (Wildman–Crippen LogP) is 5.03. The second-order valence-corrected chi connectivity index (χ2v) is 5.89. The molecule has 0 aromatic heterocycles. The number of hydrogen-bond acceptors (Lipinski definition) is 1. The minimum absolute atomic E-state index is 0.380. The van der Waals surface area contributed by atoms with Crippen LogP contribution in [0.5, 0.6) is 0 Å². The van der Waals surface area contributed by atoms with Gasteiger partial charge in [0.2, 0.25) is 0 Å². The highest BCUT2D eigenvalue weighted by Gasteiger charge is 2.16. The fraction of sp³-hybridized carbons (Fsp3) is 1.00. The molecule has 0 saturated carbocycles. The monoisotopic (exact) mass is 242 g/mol. The lowest BCUT2D eigenvalue weighted by Gasteiger charge is -2.23. The van der Waals surface area contributed by atoms with E-state index in [9.17, 15) is 5.11 Å². The van der Waals surface area contributed by atoms with Crippen LogP contribution in [0.25, 0.3) is 0 Å². The predicted molar refractivity (Wildman–Crippen MR) is 77.2 cm³/mol. The molecule has 0 rings (SSSR count). The molecule has 0 heterocycles. The van der Waals surface area contributed by atoms with Crippen molar-refractivity contribution in [3.05, 3.63) is 0 Å². The SMILES string of the molecule is CCCCC(C)CCC(CO)C(C)CCCC. The maximum Gasteiger partial charge on any atom is 0.0461 e. The van der Waals surface area contributed by atoms with Crippen LogP contribution in [0.1, 0.15) is 79.1 Å². The summed E-state index contributed by atoms with van der Waals surface area (Å²) >= 11 is 0. The van der Waals surface area contributed by atoms with E-state index in [2.05, 4.69) is 27.7 Å². The van der Waals surface area contributed by atoms with Gasteiger partial charge < -0.3 is 5.11 Å². The number of hydrogen-bond donors (Lipinski definition) is 1. The van der Waals surface area contributed by atoms with Gasteiger partial charge in [0.25, 0.3) is 0 Å². The van der Waals surface area contributed by atoms with E-state index in [0.717, 1.165) is 5.92 Å². The van der Waals surface area contributed by atoms with Crippen molar-refractivity contribution >= 4 is 0 Å². The van der Waals surface area contributed by atoms with Gasteiger partial charge >= 0.3 is 0 Å². The van der Waals surface area contributed by atoms with E-state index >= 15 is 0 Å². The Labute approximate surface area is 109 Å². The second-order valence-electron chi connectivity index (χ2n) is 5.89. The molecule has 0 aromatic carbocycles. The van der Waals surface area contributed by atoms with Crippen molar-refractivity contribution in [1.29, 1.82) is 0 Å². The summed E-state index contributed by atoms with van der Waals surface area (Å²) < 4.78 is 0. The van der Waals surface area contributed by atoms with E-state index in [-0.39, 0.29) is 0 Å². The van der Waals surface area contributed by atoms with Gasteiger partial charge in [0.1, 0.15) is 0 Å². The Balaban J connectivity index is 3.79. The Kier molecular flexibility index (Phi) is 11.0. The van der Waals surface area contributed by atoms with E-state index < -0.39 is 0 Å². The van der Waals surface area contributed by atoms with Crippen LogP contribution in [0.4, 0.5) is 0 Å². The van der Waals surface area contributed by atoms with Crippen molar-refractivity contribution in [3.63, 3.8) is 0 Å². The minimum atomic E-state index is 0.380. The van der Waals surface area contributed by atoms with Gasteiger partial charge in [-0.25, -0.2) is 0 Å². The molecule has 0 spiro atoms. The zero-order chi connectivity index (χ0) is 13.1. The number of unbranched alkanes of at least 4 members (excludes halogenated alkanes) is 2. The van der Waals surface area contributed by atoms with Crippen molar-refractivity contribution in [1.82, 2.24) is 0 Å². The largest absolute Gasteiger partial charge is 0.396 e. The average molecular weight is 242 g/mol. The molecular formula is C16H34O. The molecule has 17 heavy (non-hydrogen) atoms. The van der Waals surface area contributed by atoms with Gasteiger partial charge in [-0.15, -0.1) is 0 Å². The number of aliphatic hydroxyl groups excluding tert-OH is 1. The fourth-order valence-electron chi connectivity index (χ4n) is 2.51. The van der Waals surface area contributed by atoms with E-state index in [1.54, 1.807) is 0 Å². The molecule has 0 radical (unpaired) electrons. The molecule has 1 N–H and O–H groups in total. The zero-order valence-electron chi connectivity index (χ0n) is 12.5. The van der Waals surface area contributed by atoms with Crippen LogP contribution < -0.4 is 0 Å². The Hall–Kier alpha value is -0.0400. The normalized spacial score (nSPS) is 16.8. The van der Waals surface area contributed by atoms with E-state index in [1.165, 1.54) is 51.4 Å². The van der Waals surface area contributed by atoms with Crippen LogP contribution in [0.3, 0.4) is 0 Å². The van der Waals surface area contributed by atoms with Crippen LogP contribution in [0, 0.1) is 17.8 Å². The molecule has 0 aliphatic rings. The first-order valence-corrected chi connectivity index (χ1v) is 7.76. The summed E-state index contributed by atoms with van der Waals surface area (Å²) in [7, 11) is 0. The van der Waals surface area contributed by atoms with Crippen LogP contribution in [0.2, 0.25) is 0 Å². The average Bonchev–Trinajstić information content (AvgIpc) is 2.34. The highest BCUT2D eigenvalue weighted by Crippen LogP contribution is 2.25. The second kappa shape index (κ2) is 11.1. The Morgan fingerprint density at radius 3 is 1.94 bits per heavy atom. The zero-order valence-corrected chi connectivity index (χ0v) is 12.5. The van der Waals surface area contributed by atoms with Gasteiger partial charge in [0.15, 0.2) is 0 Å². The van der Waals surface area contributed by atoms with Crippen LogP contribution >= 0.6 is 0 Å². The molecule has 0 amide bonds. The molecule has 0 aliphatic carbocycles. The summed E-state index contributed by atoms with van der Waals surface area (Å²) in [5.41, 5.74) is 0. The first kappa shape index (κ1) is 17.0. The highest BCUT2D eigenvalue weighted by atomic mass is 16.3. The number of rotatable bonds is 11. The molecule has 3 unspecified atom stereocenters. The van der Waals surface area contributed by atoms with Crippen molar-refractivity contribution in [2.75, 3.05) is 6.61 Å². The van der Waals surface area contributed by atoms with Crippen molar-refractivity contribution in [2.24, 2.45) is 17.8 Å². The molecule has 1 nitrogen and oxygen atoms in total. The summed E-state index contributed by atoms with van der Waals surface area (Å²) in [6, 6.07) is 0. The van der Waals surface area contributed by atoms with Gasteiger partial charge in [-0.2, -0.15) is 0 Å². The van der Waals surface area contributed by atoms with Gasteiger partial charge in [-0.05, 0) is 24.2 Å². The molecular weight excluding hydrogens is 208 g/mol. The minimum Gasteiger partial charge on any atom is -0.396 e. The summed E-state index contributed by atoms with van der Waals surface area (Å²) in [4.78, 5) is 0. The third-order valence-corrected chi connectivity index (χ3v) is 4.13. The standard InChI is InChI=1S/C16H34O/c1-5-7-9-14(3)11-12-16(13-17)15(4)10-8-6-2/h14-17H,5-13H2,1-4H3. The van der Waals surface area contributed by atoms with Crippen LogP contribution in [0.15, 0.2) is 0 Å². The lowest BCUT2D eigenvalue weighted by atomic mass is 9.84. The van der Waals surface area contributed by atoms with E-state index in [0.29, 0.717) is 18.4 Å². The molecule has 0 aliphatic heterocycles. The van der Waals surface area contributed by atoms with E-state index in [1.807, 2.05) is 0 Å². The lowest BCUT2D eigenvalue weighted by molar-refractivity contribution is 0.159. The smallest absolute Gasteiger partial charge is 0.0461 e. The topological polar surface area (TPSA) is 20.2 Å². The summed E-state index contributed by atoms with van der Waals surface area (Å²) in [5.74, 6) is 2.06. The van der Waals surface area contributed by atoms with Crippen molar-refractivity contribution in [2.45, 2.75) is 79.1 Å². The van der Waals surface area contributed by atoms with Gasteiger partial charge in [0.05, 0.1) is 0 Å². The van der Waals surface area contributed by atoms with Crippen molar-refractivity contribution < 1.29 is 5.11 Å². The molecule has 0 saturated heterocycles. The Bertz CT molecular complexity index is 156.